The Balaban J connectivity index is 1.64. The molecule has 3 rings (SSSR count). The van der Waals surface area contributed by atoms with Crippen molar-refractivity contribution in [3.05, 3.63) is 78.4 Å². The highest BCUT2D eigenvalue weighted by molar-refractivity contribution is 6.00. The molecule has 0 radical (unpaired) electrons. The highest BCUT2D eigenvalue weighted by Crippen LogP contribution is 2.24. The number of nitrogens with one attached hydrogen (secondary N) is 1. The largest absolute Gasteiger partial charge is 0.483 e. The number of carbonyl (C=O) groups excluding carboxylic acids is 1. The summed E-state index contributed by atoms with van der Waals surface area (Å²) in [6, 6.07) is 23.5. The van der Waals surface area contributed by atoms with Crippen LogP contribution in [0.25, 0.3) is 10.8 Å². The lowest BCUT2D eigenvalue weighted by molar-refractivity contribution is -0.123. The predicted molar refractivity (Wildman–Crippen MR) is 101 cm³/mol. The summed E-state index contributed by atoms with van der Waals surface area (Å²) in [4.78, 5) is 12.1. The van der Waals surface area contributed by atoms with Gasteiger partial charge in [0, 0.05) is 5.39 Å². The van der Waals surface area contributed by atoms with Gasteiger partial charge in [0.25, 0.3) is 5.91 Å². The molecule has 0 fully saturated rings. The van der Waals surface area contributed by atoms with E-state index in [0.29, 0.717) is 5.75 Å². The fraction of sp³-hybridized carbons (Fsp3) is 0.143. The standard InChI is InChI=1S/C21H20N2O2/c1-2-19(17-10-4-3-5-11-17)22-23-21(24)15-25-20-14-8-12-16-9-6-7-13-18(16)20/h3-14H,2,15H2,1H3,(H,23,24)/b22-19+. The van der Waals surface area contributed by atoms with Crippen molar-refractivity contribution < 1.29 is 9.53 Å². The number of rotatable bonds is 6. The first-order valence-corrected chi connectivity index (χ1v) is 8.29. The van der Waals surface area contributed by atoms with E-state index in [1.54, 1.807) is 0 Å². The zero-order chi connectivity index (χ0) is 17.5. The van der Waals surface area contributed by atoms with Gasteiger partial charge in [-0.25, -0.2) is 5.43 Å². The Kier molecular flexibility index (Phi) is 5.42. The normalized spacial score (nSPS) is 11.3. The van der Waals surface area contributed by atoms with Gasteiger partial charge in [0.2, 0.25) is 0 Å². The number of benzene rings is 3. The van der Waals surface area contributed by atoms with Gasteiger partial charge in [-0.1, -0.05) is 73.7 Å². The van der Waals surface area contributed by atoms with Crippen LogP contribution in [0.1, 0.15) is 18.9 Å². The Labute approximate surface area is 147 Å². The monoisotopic (exact) mass is 332 g/mol. The van der Waals surface area contributed by atoms with Crippen molar-refractivity contribution in [1.82, 2.24) is 5.43 Å². The molecule has 3 aromatic rings. The number of carbonyl (C=O) groups is 1. The third kappa shape index (κ3) is 4.23. The van der Waals surface area contributed by atoms with Crippen LogP contribution in [-0.4, -0.2) is 18.2 Å². The molecule has 0 aromatic heterocycles. The van der Waals surface area contributed by atoms with Crippen LogP contribution >= 0.6 is 0 Å². The van der Waals surface area contributed by atoms with E-state index in [4.69, 9.17) is 4.74 Å². The van der Waals surface area contributed by atoms with Gasteiger partial charge < -0.3 is 4.74 Å². The van der Waals surface area contributed by atoms with Gasteiger partial charge in [0.05, 0.1) is 5.71 Å². The minimum Gasteiger partial charge on any atom is -0.483 e. The van der Waals surface area contributed by atoms with Crippen LogP contribution in [0.3, 0.4) is 0 Å². The number of hydrogen-bond donors (Lipinski definition) is 1. The summed E-state index contributed by atoms with van der Waals surface area (Å²) < 4.78 is 5.67. The molecule has 0 aliphatic carbocycles. The third-order valence-corrected chi connectivity index (χ3v) is 3.87. The van der Waals surface area contributed by atoms with Crippen molar-refractivity contribution in [3.63, 3.8) is 0 Å². The highest BCUT2D eigenvalue weighted by Gasteiger charge is 2.06. The maximum atomic E-state index is 12.1. The lowest BCUT2D eigenvalue weighted by Crippen LogP contribution is -2.26. The van der Waals surface area contributed by atoms with Crippen molar-refractivity contribution in [2.75, 3.05) is 6.61 Å². The SMILES string of the molecule is CC/C(=N\NC(=O)COc1cccc2ccccc12)c1ccccc1. The van der Waals surface area contributed by atoms with E-state index in [9.17, 15) is 4.79 Å². The summed E-state index contributed by atoms with van der Waals surface area (Å²) in [5.74, 6) is 0.408. The molecule has 25 heavy (non-hydrogen) atoms. The van der Waals surface area contributed by atoms with Crippen LogP contribution in [0.5, 0.6) is 5.75 Å². The van der Waals surface area contributed by atoms with Crippen LogP contribution < -0.4 is 10.2 Å². The van der Waals surface area contributed by atoms with Crippen LogP contribution in [0, 0.1) is 0 Å². The smallest absolute Gasteiger partial charge is 0.277 e. The molecule has 0 saturated carbocycles. The number of nitrogens with zero attached hydrogens (tertiary/aromatic N) is 1. The summed E-state index contributed by atoms with van der Waals surface area (Å²) >= 11 is 0. The minimum atomic E-state index is -0.283. The van der Waals surface area contributed by atoms with E-state index >= 15 is 0 Å². The van der Waals surface area contributed by atoms with E-state index in [0.717, 1.165) is 28.5 Å². The van der Waals surface area contributed by atoms with E-state index in [1.165, 1.54) is 0 Å². The predicted octanol–water partition coefficient (Wildman–Crippen LogP) is 4.15. The molecule has 0 atom stereocenters. The lowest BCUT2D eigenvalue weighted by Gasteiger charge is -2.09. The molecule has 4 nitrogen and oxygen atoms in total. The summed E-state index contributed by atoms with van der Waals surface area (Å²) in [5, 5.41) is 6.29. The minimum absolute atomic E-state index is 0.0801. The molecule has 3 aromatic carbocycles. The molecule has 0 aliphatic heterocycles. The molecule has 126 valence electrons. The maximum absolute atomic E-state index is 12.1. The first kappa shape index (κ1) is 16.7. The number of fused-ring (bicyclic) bond motifs is 1. The second-order valence-electron chi connectivity index (χ2n) is 5.58. The van der Waals surface area contributed by atoms with Crippen LogP contribution in [-0.2, 0) is 4.79 Å². The van der Waals surface area contributed by atoms with Crippen molar-refractivity contribution in [3.8, 4) is 5.75 Å². The average Bonchev–Trinajstić information content (AvgIpc) is 2.67. The van der Waals surface area contributed by atoms with Crippen molar-refractivity contribution in [1.29, 1.82) is 0 Å². The van der Waals surface area contributed by atoms with Crippen molar-refractivity contribution in [2.45, 2.75) is 13.3 Å². The Bertz CT molecular complexity index is 883. The molecule has 0 saturated heterocycles. The molecule has 1 amide bonds. The number of hydrazone groups is 1. The van der Waals surface area contributed by atoms with E-state index in [1.807, 2.05) is 79.7 Å². The Hall–Kier alpha value is -3.14. The molecule has 0 spiro atoms. The van der Waals surface area contributed by atoms with E-state index < -0.39 is 0 Å². The van der Waals surface area contributed by atoms with Crippen LogP contribution in [0.2, 0.25) is 0 Å². The van der Waals surface area contributed by atoms with Crippen molar-refractivity contribution >= 4 is 22.4 Å². The second kappa shape index (κ2) is 8.11. The van der Waals surface area contributed by atoms with Crippen LogP contribution in [0.4, 0.5) is 0 Å². The molecule has 0 aliphatic rings. The fourth-order valence-corrected chi connectivity index (χ4v) is 2.61. The molecule has 4 heteroatoms. The van der Waals surface area contributed by atoms with E-state index in [-0.39, 0.29) is 12.5 Å². The first-order chi connectivity index (χ1) is 12.3. The number of hydrogen-bond acceptors (Lipinski definition) is 3. The van der Waals surface area contributed by atoms with Crippen LogP contribution in [0.15, 0.2) is 77.9 Å². The van der Waals surface area contributed by atoms with Gasteiger partial charge in [-0.2, -0.15) is 5.10 Å². The Morgan fingerprint density at radius 1 is 0.960 bits per heavy atom. The van der Waals surface area contributed by atoms with E-state index in [2.05, 4.69) is 10.5 Å². The Morgan fingerprint density at radius 3 is 2.48 bits per heavy atom. The van der Waals surface area contributed by atoms with Gasteiger partial charge in [0.15, 0.2) is 6.61 Å². The molecule has 1 N–H and O–H groups in total. The summed E-state index contributed by atoms with van der Waals surface area (Å²) in [7, 11) is 0. The summed E-state index contributed by atoms with van der Waals surface area (Å²) in [5.41, 5.74) is 4.41. The molecule has 0 bridgehead atoms. The van der Waals surface area contributed by atoms with Gasteiger partial charge in [-0.3, -0.25) is 4.79 Å². The van der Waals surface area contributed by atoms with Gasteiger partial charge >= 0.3 is 0 Å². The Morgan fingerprint density at radius 2 is 1.68 bits per heavy atom. The maximum Gasteiger partial charge on any atom is 0.277 e. The molecule has 0 unspecified atom stereocenters. The third-order valence-electron chi connectivity index (χ3n) is 3.87. The molecular formula is C21H20N2O2. The average molecular weight is 332 g/mol. The number of amides is 1. The molecule has 0 heterocycles. The van der Waals surface area contributed by atoms with Gasteiger partial charge in [0.1, 0.15) is 5.75 Å². The highest BCUT2D eigenvalue weighted by atomic mass is 16.5. The summed E-state index contributed by atoms with van der Waals surface area (Å²) in [6.45, 7) is 1.92. The quantitative estimate of drug-likeness (QED) is 0.544. The number of ether oxygens (including phenoxy) is 1. The lowest BCUT2D eigenvalue weighted by atomic mass is 10.1. The van der Waals surface area contributed by atoms with Gasteiger partial charge in [-0.05, 0) is 23.4 Å². The second-order valence-corrected chi connectivity index (χ2v) is 5.58. The topological polar surface area (TPSA) is 50.7 Å². The first-order valence-electron chi connectivity index (χ1n) is 8.29. The zero-order valence-electron chi connectivity index (χ0n) is 14.1. The summed E-state index contributed by atoms with van der Waals surface area (Å²) in [6.07, 6.45) is 0.731. The van der Waals surface area contributed by atoms with Gasteiger partial charge in [-0.15, -0.1) is 0 Å². The zero-order valence-corrected chi connectivity index (χ0v) is 14.1. The van der Waals surface area contributed by atoms with Crippen molar-refractivity contribution in [2.24, 2.45) is 5.10 Å². The molecular weight excluding hydrogens is 312 g/mol. The fourth-order valence-electron chi connectivity index (χ4n) is 2.61.